The lowest BCUT2D eigenvalue weighted by Crippen LogP contribution is -2.45. The Labute approximate surface area is 244 Å². The van der Waals surface area contributed by atoms with Gasteiger partial charge < -0.3 is 35.1 Å². The van der Waals surface area contributed by atoms with Gasteiger partial charge in [0.25, 0.3) is 0 Å². The SMILES string of the molecule is COC(=O)C(Cc1ccccc1)NC(=O)Nc1ccc(C2OC(CSCCO)CC(c3ccc(CO)cc3)O2)cc1. The number of aliphatic hydroxyl groups excluding tert-OH is 2. The van der Waals surface area contributed by atoms with Crippen LogP contribution in [0.25, 0.3) is 0 Å². The molecule has 41 heavy (non-hydrogen) atoms. The van der Waals surface area contributed by atoms with Gasteiger partial charge in [-0.25, -0.2) is 9.59 Å². The second kappa shape index (κ2) is 15.6. The highest BCUT2D eigenvalue weighted by Crippen LogP contribution is 2.39. The Bertz CT molecular complexity index is 1240. The summed E-state index contributed by atoms with van der Waals surface area (Å²) in [5.74, 6) is 0.819. The van der Waals surface area contributed by atoms with Gasteiger partial charge >= 0.3 is 12.0 Å². The summed E-state index contributed by atoms with van der Waals surface area (Å²) in [6.07, 6.45) is 0.0551. The molecule has 9 nitrogen and oxygen atoms in total. The third kappa shape index (κ3) is 9.04. The normalized spacial score (nSPS) is 19.2. The van der Waals surface area contributed by atoms with Crippen LogP contribution in [0, 0.1) is 0 Å². The fourth-order valence-corrected chi connectivity index (χ4v) is 5.31. The van der Waals surface area contributed by atoms with Crippen LogP contribution >= 0.6 is 11.8 Å². The number of hydrogen-bond donors (Lipinski definition) is 4. The summed E-state index contributed by atoms with van der Waals surface area (Å²) in [7, 11) is 1.29. The lowest BCUT2D eigenvalue weighted by atomic mass is 10.0. The molecule has 0 radical (unpaired) electrons. The minimum absolute atomic E-state index is 0.0211. The van der Waals surface area contributed by atoms with Crippen molar-refractivity contribution < 1.29 is 34.0 Å². The van der Waals surface area contributed by atoms with Crippen molar-refractivity contribution in [3.05, 3.63) is 101 Å². The lowest BCUT2D eigenvalue weighted by Gasteiger charge is -2.36. The molecule has 4 unspecified atom stereocenters. The number of carbonyl (C=O) groups excluding carboxylic acids is 2. The van der Waals surface area contributed by atoms with Crippen molar-refractivity contribution in [2.75, 3.05) is 30.5 Å². The van der Waals surface area contributed by atoms with Crippen LogP contribution in [0.3, 0.4) is 0 Å². The molecular weight excluding hydrogens is 544 g/mol. The van der Waals surface area contributed by atoms with Gasteiger partial charge in [0.15, 0.2) is 6.29 Å². The van der Waals surface area contributed by atoms with Crippen LogP contribution in [0.4, 0.5) is 10.5 Å². The third-order valence-corrected chi connectivity index (χ3v) is 7.75. The molecule has 1 aliphatic heterocycles. The van der Waals surface area contributed by atoms with E-state index in [1.54, 1.807) is 23.9 Å². The van der Waals surface area contributed by atoms with Crippen LogP contribution in [0.2, 0.25) is 0 Å². The minimum Gasteiger partial charge on any atom is -0.467 e. The molecule has 1 fully saturated rings. The Morgan fingerprint density at radius 1 is 0.951 bits per heavy atom. The summed E-state index contributed by atoms with van der Waals surface area (Å²) in [5.41, 5.74) is 4.06. The number of anilines is 1. The van der Waals surface area contributed by atoms with Crippen molar-refractivity contribution in [2.45, 2.75) is 44.0 Å². The highest BCUT2D eigenvalue weighted by molar-refractivity contribution is 7.99. The number of esters is 1. The first-order chi connectivity index (χ1) is 20.0. The van der Waals surface area contributed by atoms with Gasteiger partial charge in [0.1, 0.15) is 6.04 Å². The molecule has 218 valence electrons. The molecule has 4 N–H and O–H groups in total. The standard InChI is InChI=1S/C31H36N2O7S/c1-38-29(36)27(17-21-5-3-2-4-6-21)33-31(37)32-25-13-11-24(12-14-25)30-39-26(20-41-16-15-34)18-28(40-30)23-9-7-22(19-35)8-10-23/h2-14,26-28,30,34-35H,15-20H2,1H3,(H2,32,33,37). The summed E-state index contributed by atoms with van der Waals surface area (Å²) in [6.45, 7) is 0.0881. The van der Waals surface area contributed by atoms with Crippen LogP contribution < -0.4 is 10.6 Å². The van der Waals surface area contributed by atoms with Crippen LogP contribution in [-0.2, 0) is 32.0 Å². The maximum Gasteiger partial charge on any atom is 0.328 e. The van der Waals surface area contributed by atoms with Gasteiger partial charge in [-0.2, -0.15) is 11.8 Å². The molecule has 3 aromatic carbocycles. The summed E-state index contributed by atoms with van der Waals surface area (Å²) in [6, 6.07) is 22.9. The number of aliphatic hydroxyl groups is 2. The van der Waals surface area contributed by atoms with Crippen molar-refractivity contribution in [3.8, 4) is 0 Å². The van der Waals surface area contributed by atoms with E-state index in [9.17, 15) is 19.8 Å². The fraction of sp³-hybridized carbons (Fsp3) is 0.355. The van der Waals surface area contributed by atoms with Crippen LogP contribution in [0.5, 0.6) is 0 Å². The molecule has 0 bridgehead atoms. The Hall–Kier alpha value is -3.41. The molecule has 0 aliphatic carbocycles. The van der Waals surface area contributed by atoms with Gasteiger partial charge in [-0.15, -0.1) is 0 Å². The average molecular weight is 581 g/mol. The summed E-state index contributed by atoms with van der Waals surface area (Å²) < 4.78 is 17.5. The molecule has 0 spiro atoms. The lowest BCUT2D eigenvalue weighted by molar-refractivity contribution is -0.245. The van der Waals surface area contributed by atoms with Crippen molar-refractivity contribution in [2.24, 2.45) is 0 Å². The van der Waals surface area contributed by atoms with Crippen molar-refractivity contribution >= 4 is 29.4 Å². The van der Waals surface area contributed by atoms with Gasteiger partial charge in [-0.1, -0.05) is 66.7 Å². The van der Waals surface area contributed by atoms with Gasteiger partial charge in [-0.3, -0.25) is 0 Å². The number of amides is 2. The zero-order valence-corrected chi connectivity index (χ0v) is 23.7. The van der Waals surface area contributed by atoms with Crippen molar-refractivity contribution in [3.63, 3.8) is 0 Å². The third-order valence-electron chi connectivity index (χ3n) is 6.67. The van der Waals surface area contributed by atoms with Crippen LogP contribution in [0.1, 0.15) is 41.1 Å². The molecule has 10 heteroatoms. The predicted molar refractivity (Wildman–Crippen MR) is 157 cm³/mol. The Balaban J connectivity index is 1.41. The second-order valence-corrected chi connectivity index (χ2v) is 10.8. The molecule has 0 aromatic heterocycles. The number of rotatable bonds is 12. The van der Waals surface area contributed by atoms with Crippen molar-refractivity contribution in [1.82, 2.24) is 5.32 Å². The summed E-state index contributed by atoms with van der Waals surface area (Å²) >= 11 is 1.63. The van der Waals surface area contributed by atoms with E-state index in [4.69, 9.17) is 14.2 Å². The minimum atomic E-state index is -0.838. The number of ether oxygens (including phenoxy) is 3. The fourth-order valence-electron chi connectivity index (χ4n) is 4.54. The number of benzene rings is 3. The zero-order valence-electron chi connectivity index (χ0n) is 22.9. The largest absolute Gasteiger partial charge is 0.467 e. The maximum absolute atomic E-state index is 12.7. The molecule has 4 atom stereocenters. The first kappa shape index (κ1) is 30.5. The summed E-state index contributed by atoms with van der Waals surface area (Å²) in [4.78, 5) is 25.0. The number of nitrogens with one attached hydrogen (secondary N) is 2. The monoisotopic (exact) mass is 580 g/mol. The summed E-state index contributed by atoms with van der Waals surface area (Å²) in [5, 5.41) is 24.0. The quantitative estimate of drug-likeness (QED) is 0.184. The molecule has 3 aromatic rings. The molecule has 4 rings (SSSR count). The number of urea groups is 1. The zero-order chi connectivity index (χ0) is 29.0. The van der Waals surface area contributed by atoms with E-state index in [-0.39, 0.29) is 25.4 Å². The Kier molecular flexibility index (Phi) is 11.6. The van der Waals surface area contributed by atoms with Gasteiger partial charge in [0, 0.05) is 35.6 Å². The number of methoxy groups -OCH3 is 1. The smallest absolute Gasteiger partial charge is 0.328 e. The molecular formula is C31H36N2O7S. The maximum atomic E-state index is 12.7. The van der Waals surface area contributed by atoms with E-state index in [2.05, 4.69) is 10.6 Å². The highest BCUT2D eigenvalue weighted by Gasteiger charge is 2.32. The van der Waals surface area contributed by atoms with Gasteiger partial charge in [0.2, 0.25) is 0 Å². The molecule has 2 amide bonds. The predicted octanol–water partition coefficient (Wildman–Crippen LogP) is 4.36. The van der Waals surface area contributed by atoms with E-state index < -0.39 is 24.3 Å². The molecule has 0 saturated carbocycles. The molecule has 1 heterocycles. The second-order valence-electron chi connectivity index (χ2n) is 9.63. The number of carbonyl (C=O) groups is 2. The Morgan fingerprint density at radius 3 is 2.32 bits per heavy atom. The number of thioether (sulfide) groups is 1. The topological polar surface area (TPSA) is 126 Å². The van der Waals surface area contributed by atoms with Crippen LogP contribution in [-0.4, -0.2) is 59.6 Å². The first-order valence-corrected chi connectivity index (χ1v) is 14.6. The molecule has 1 saturated heterocycles. The van der Waals surface area contributed by atoms with Gasteiger partial charge in [-0.05, 0) is 28.8 Å². The van der Waals surface area contributed by atoms with E-state index >= 15 is 0 Å². The van der Waals surface area contributed by atoms with Crippen LogP contribution in [0.15, 0.2) is 78.9 Å². The highest BCUT2D eigenvalue weighted by atomic mass is 32.2. The Morgan fingerprint density at radius 2 is 1.66 bits per heavy atom. The van der Waals surface area contributed by atoms with Gasteiger partial charge in [0.05, 0.1) is 32.5 Å². The van der Waals surface area contributed by atoms with E-state index in [0.29, 0.717) is 24.3 Å². The van der Waals surface area contributed by atoms with E-state index in [0.717, 1.165) is 28.0 Å². The molecule has 1 aliphatic rings. The first-order valence-electron chi connectivity index (χ1n) is 13.5. The number of hydrogen-bond acceptors (Lipinski definition) is 8. The van der Waals surface area contributed by atoms with E-state index in [1.807, 2.05) is 66.7 Å². The van der Waals surface area contributed by atoms with Crippen molar-refractivity contribution in [1.29, 1.82) is 0 Å². The van der Waals surface area contributed by atoms with E-state index in [1.165, 1.54) is 7.11 Å². The average Bonchev–Trinajstić information content (AvgIpc) is 3.01.